The predicted molar refractivity (Wildman–Crippen MR) is 162 cm³/mol. The summed E-state index contributed by atoms with van der Waals surface area (Å²) in [4.78, 5) is 31.8. The highest BCUT2D eigenvalue weighted by Crippen LogP contribution is 2.40. The van der Waals surface area contributed by atoms with Crippen molar-refractivity contribution in [3.05, 3.63) is 47.4 Å². The third-order valence-electron chi connectivity index (χ3n) is 9.01. The van der Waals surface area contributed by atoms with E-state index in [1.807, 2.05) is 6.07 Å². The SMILES string of the molecule is C=CC(=O)N1CCN(c2nc(OC[C@@H]3CCCN3C)nc3c2CCN(c2ccc(F)c4c2CCCS4)C3)C[C@@H]1CC#N. The molecule has 2 saturated heterocycles. The summed E-state index contributed by atoms with van der Waals surface area (Å²) >= 11 is 1.61. The van der Waals surface area contributed by atoms with Gasteiger partial charge in [-0.1, -0.05) is 6.58 Å². The minimum atomic E-state index is -0.250. The molecule has 0 radical (unpaired) electrons. The standard InChI is InChI=1S/C31H38FN7O2S/c1-3-28(40)39-16-15-38(18-21(39)10-12-33)30-23-11-14-37(27-9-8-25(32)29-24(27)7-5-17-42-29)19-26(23)34-31(35-30)41-20-22-6-4-13-36(22)2/h3,8-9,21-22H,1,4-7,10-11,13-20H2,2H3/t21-,22-/m0/s1. The first-order valence-corrected chi connectivity index (χ1v) is 15.9. The monoisotopic (exact) mass is 591 g/mol. The summed E-state index contributed by atoms with van der Waals surface area (Å²) in [6.45, 7) is 8.19. The molecule has 6 rings (SSSR count). The average molecular weight is 592 g/mol. The lowest BCUT2D eigenvalue weighted by Gasteiger charge is -2.42. The normalized spacial score (nSPS) is 22.4. The van der Waals surface area contributed by atoms with Gasteiger partial charge in [-0.2, -0.15) is 15.2 Å². The molecule has 0 unspecified atom stereocenters. The molecule has 9 nitrogen and oxygen atoms in total. The topological polar surface area (TPSA) is 88.8 Å². The van der Waals surface area contributed by atoms with E-state index in [9.17, 15) is 14.4 Å². The number of anilines is 2. The highest BCUT2D eigenvalue weighted by atomic mass is 32.2. The number of halogens is 1. The number of benzene rings is 1. The molecule has 2 atom stereocenters. The fourth-order valence-electron chi connectivity index (χ4n) is 6.72. The molecule has 42 heavy (non-hydrogen) atoms. The Morgan fingerprint density at radius 1 is 1.17 bits per heavy atom. The van der Waals surface area contributed by atoms with Crippen LogP contribution in [0.25, 0.3) is 0 Å². The number of carbonyl (C=O) groups is 1. The van der Waals surface area contributed by atoms with Crippen molar-refractivity contribution >= 4 is 29.2 Å². The molecule has 0 saturated carbocycles. The van der Waals surface area contributed by atoms with Crippen LogP contribution in [0.1, 0.15) is 42.5 Å². The van der Waals surface area contributed by atoms with Gasteiger partial charge < -0.3 is 24.3 Å². The fraction of sp³-hybridized carbons (Fsp3) is 0.548. The minimum absolute atomic E-state index is 0.131. The van der Waals surface area contributed by atoms with Crippen LogP contribution < -0.4 is 14.5 Å². The highest BCUT2D eigenvalue weighted by molar-refractivity contribution is 7.99. The van der Waals surface area contributed by atoms with Gasteiger partial charge in [-0.3, -0.25) is 4.79 Å². The van der Waals surface area contributed by atoms with Crippen LogP contribution in [0.5, 0.6) is 6.01 Å². The van der Waals surface area contributed by atoms with Gasteiger partial charge in [0, 0.05) is 48.4 Å². The number of aromatic nitrogens is 2. The van der Waals surface area contributed by atoms with Gasteiger partial charge in [0.15, 0.2) is 0 Å². The Balaban J connectivity index is 1.32. The van der Waals surface area contributed by atoms with E-state index in [0.29, 0.717) is 44.8 Å². The van der Waals surface area contributed by atoms with Gasteiger partial charge in [-0.25, -0.2) is 4.39 Å². The van der Waals surface area contributed by atoms with Crippen molar-refractivity contribution in [2.24, 2.45) is 0 Å². The summed E-state index contributed by atoms with van der Waals surface area (Å²) in [7, 11) is 2.12. The van der Waals surface area contributed by atoms with E-state index in [1.165, 1.54) is 6.08 Å². The number of hydrogen-bond acceptors (Lipinski definition) is 9. The second-order valence-electron chi connectivity index (χ2n) is 11.5. The zero-order valence-electron chi connectivity index (χ0n) is 24.2. The molecular weight excluding hydrogens is 553 g/mol. The van der Waals surface area contributed by atoms with E-state index in [2.05, 4.69) is 34.4 Å². The number of rotatable bonds is 7. The van der Waals surface area contributed by atoms with Crippen molar-refractivity contribution in [3.63, 3.8) is 0 Å². The molecule has 0 bridgehead atoms. The maximum atomic E-state index is 14.7. The first-order chi connectivity index (χ1) is 20.5. The maximum Gasteiger partial charge on any atom is 0.318 e. The van der Waals surface area contributed by atoms with Crippen LogP contribution >= 0.6 is 11.8 Å². The molecule has 5 heterocycles. The number of fused-ring (bicyclic) bond motifs is 2. The number of piperazine rings is 1. The first-order valence-electron chi connectivity index (χ1n) is 14.9. The Morgan fingerprint density at radius 3 is 2.83 bits per heavy atom. The van der Waals surface area contributed by atoms with Crippen LogP contribution in [0.15, 0.2) is 29.7 Å². The van der Waals surface area contributed by atoms with E-state index >= 15 is 0 Å². The molecule has 2 fully saturated rings. The van der Waals surface area contributed by atoms with Gasteiger partial charge in [0.2, 0.25) is 5.91 Å². The Morgan fingerprint density at radius 2 is 2.05 bits per heavy atom. The van der Waals surface area contributed by atoms with Crippen LogP contribution in [-0.4, -0.2) is 89.9 Å². The number of hydrogen-bond donors (Lipinski definition) is 0. The Bertz CT molecular complexity index is 1400. The van der Waals surface area contributed by atoms with Crippen molar-refractivity contribution in [2.75, 3.05) is 61.9 Å². The molecule has 1 aromatic heterocycles. The van der Waals surface area contributed by atoms with Crippen molar-refractivity contribution in [3.8, 4) is 12.1 Å². The zero-order valence-corrected chi connectivity index (χ0v) is 25.0. The summed E-state index contributed by atoms with van der Waals surface area (Å²) in [5.41, 5.74) is 4.20. The van der Waals surface area contributed by atoms with Crippen LogP contribution in [0.2, 0.25) is 0 Å². The molecule has 4 aliphatic heterocycles. The van der Waals surface area contributed by atoms with Crippen molar-refractivity contribution in [2.45, 2.75) is 62.0 Å². The molecule has 0 aliphatic carbocycles. The molecule has 0 spiro atoms. The molecule has 0 N–H and O–H groups in total. The lowest BCUT2D eigenvalue weighted by atomic mass is 10.00. The number of carbonyl (C=O) groups excluding carboxylic acids is 1. The van der Waals surface area contributed by atoms with E-state index in [-0.39, 0.29) is 24.2 Å². The van der Waals surface area contributed by atoms with Gasteiger partial charge >= 0.3 is 6.01 Å². The van der Waals surface area contributed by atoms with Gasteiger partial charge in [0.1, 0.15) is 18.2 Å². The van der Waals surface area contributed by atoms with Gasteiger partial charge in [-0.15, -0.1) is 11.8 Å². The predicted octanol–water partition coefficient (Wildman–Crippen LogP) is 3.81. The van der Waals surface area contributed by atoms with Gasteiger partial charge in [-0.05, 0) is 75.2 Å². The van der Waals surface area contributed by atoms with Crippen LogP contribution in [0.4, 0.5) is 15.9 Å². The quantitative estimate of drug-likeness (QED) is 0.446. The van der Waals surface area contributed by atoms with Crippen molar-refractivity contribution < 1.29 is 13.9 Å². The van der Waals surface area contributed by atoms with Crippen LogP contribution in [0.3, 0.4) is 0 Å². The lowest BCUT2D eigenvalue weighted by molar-refractivity contribution is -0.128. The highest BCUT2D eigenvalue weighted by Gasteiger charge is 2.34. The molecule has 4 aliphatic rings. The van der Waals surface area contributed by atoms with Crippen LogP contribution in [-0.2, 0) is 24.2 Å². The fourth-order valence-corrected chi connectivity index (χ4v) is 7.80. The average Bonchev–Trinajstić information content (AvgIpc) is 3.43. The molecule has 1 aromatic carbocycles. The van der Waals surface area contributed by atoms with E-state index in [1.54, 1.807) is 22.7 Å². The Labute approximate surface area is 251 Å². The number of ether oxygens (including phenoxy) is 1. The minimum Gasteiger partial charge on any atom is -0.462 e. The Kier molecular flexibility index (Phi) is 8.54. The summed E-state index contributed by atoms with van der Waals surface area (Å²) < 4.78 is 20.9. The molecule has 2 aromatic rings. The molecule has 11 heteroatoms. The van der Waals surface area contributed by atoms with E-state index in [4.69, 9.17) is 14.7 Å². The zero-order chi connectivity index (χ0) is 29.2. The third kappa shape index (κ3) is 5.66. The summed E-state index contributed by atoms with van der Waals surface area (Å²) in [6.07, 6.45) is 6.47. The smallest absolute Gasteiger partial charge is 0.318 e. The third-order valence-corrected chi connectivity index (χ3v) is 10.2. The maximum absolute atomic E-state index is 14.7. The summed E-state index contributed by atoms with van der Waals surface area (Å²) in [6, 6.07) is 6.21. The van der Waals surface area contributed by atoms with E-state index < -0.39 is 0 Å². The van der Waals surface area contributed by atoms with Gasteiger partial charge in [0.05, 0.1) is 30.8 Å². The number of amides is 1. The van der Waals surface area contributed by atoms with Gasteiger partial charge in [0.25, 0.3) is 0 Å². The number of likely N-dealkylation sites (N-methyl/N-ethyl adjacent to an activating group) is 1. The summed E-state index contributed by atoms with van der Waals surface area (Å²) in [5.74, 6) is 1.50. The number of likely N-dealkylation sites (tertiary alicyclic amines) is 1. The molecular formula is C31H38FN7O2S. The molecule has 1 amide bonds. The van der Waals surface area contributed by atoms with Crippen molar-refractivity contribution in [1.82, 2.24) is 19.8 Å². The second kappa shape index (κ2) is 12.5. The number of nitriles is 1. The summed E-state index contributed by atoms with van der Waals surface area (Å²) in [5, 5.41) is 9.51. The second-order valence-corrected chi connectivity index (χ2v) is 12.6. The molecule has 222 valence electrons. The van der Waals surface area contributed by atoms with Crippen molar-refractivity contribution in [1.29, 1.82) is 5.26 Å². The van der Waals surface area contributed by atoms with E-state index in [0.717, 1.165) is 84.2 Å². The van der Waals surface area contributed by atoms with Crippen LogP contribution in [0, 0.1) is 17.1 Å². The largest absolute Gasteiger partial charge is 0.462 e. The lowest BCUT2D eigenvalue weighted by Crippen LogP contribution is -2.55. The number of thioether (sulfide) groups is 1. The first kappa shape index (κ1) is 28.7. The Hall–Kier alpha value is -3.36. The number of nitrogens with zero attached hydrogens (tertiary/aromatic N) is 7.